The van der Waals surface area contributed by atoms with Crippen LogP contribution in [0.2, 0.25) is 5.02 Å². The Balaban J connectivity index is 1.50. The zero-order chi connectivity index (χ0) is 23.9. The maximum atomic E-state index is 12.7. The van der Waals surface area contributed by atoms with E-state index in [4.69, 9.17) is 16.3 Å². The van der Waals surface area contributed by atoms with E-state index < -0.39 is 0 Å². The van der Waals surface area contributed by atoms with Crippen LogP contribution in [0.1, 0.15) is 26.5 Å². The number of nitrogens with zero attached hydrogens (tertiary/aromatic N) is 3. The summed E-state index contributed by atoms with van der Waals surface area (Å²) in [6.45, 7) is 0.163. The standard InChI is InChI=1S/C25H21ClN4O3S/c1-33-21-13-9-17(10-14-21)22(31)16-34-25-29-28-23(30(25)20-5-3-2-4-6-20)15-27-24(32)18-7-11-19(26)12-8-18/h2-14H,15-16H2,1H3,(H,27,32). The van der Waals surface area contributed by atoms with Crippen LogP contribution in [0.15, 0.2) is 84.0 Å². The summed E-state index contributed by atoms with van der Waals surface area (Å²) >= 11 is 7.19. The first-order valence-electron chi connectivity index (χ1n) is 10.4. The van der Waals surface area contributed by atoms with Crippen molar-refractivity contribution in [3.8, 4) is 11.4 Å². The highest BCUT2D eigenvalue weighted by Gasteiger charge is 2.17. The average Bonchev–Trinajstić information content (AvgIpc) is 3.29. The van der Waals surface area contributed by atoms with Gasteiger partial charge in [0.2, 0.25) is 0 Å². The number of carbonyl (C=O) groups is 2. The molecule has 7 nitrogen and oxygen atoms in total. The molecule has 1 amide bonds. The first kappa shape index (κ1) is 23.5. The van der Waals surface area contributed by atoms with E-state index in [0.29, 0.717) is 32.9 Å². The maximum absolute atomic E-state index is 12.7. The van der Waals surface area contributed by atoms with E-state index in [0.717, 1.165) is 5.69 Å². The molecule has 4 aromatic rings. The van der Waals surface area contributed by atoms with Gasteiger partial charge in [0.05, 0.1) is 19.4 Å². The van der Waals surface area contributed by atoms with Crippen molar-refractivity contribution in [2.75, 3.05) is 12.9 Å². The van der Waals surface area contributed by atoms with Crippen molar-refractivity contribution in [3.05, 3.63) is 101 Å². The number of benzene rings is 3. The van der Waals surface area contributed by atoms with Crippen LogP contribution in [0.3, 0.4) is 0 Å². The molecule has 4 rings (SSSR count). The number of methoxy groups -OCH3 is 1. The van der Waals surface area contributed by atoms with E-state index in [1.165, 1.54) is 11.8 Å². The highest BCUT2D eigenvalue weighted by atomic mass is 35.5. The van der Waals surface area contributed by atoms with Gasteiger partial charge in [0, 0.05) is 21.8 Å². The Kier molecular flexibility index (Phi) is 7.61. The summed E-state index contributed by atoms with van der Waals surface area (Å²) in [6, 6.07) is 23.2. The summed E-state index contributed by atoms with van der Waals surface area (Å²) in [4.78, 5) is 25.2. The predicted octanol–water partition coefficient (Wildman–Crippen LogP) is 4.83. The molecule has 172 valence electrons. The summed E-state index contributed by atoms with van der Waals surface area (Å²) in [7, 11) is 1.58. The number of hydrogen-bond donors (Lipinski definition) is 1. The second kappa shape index (κ2) is 11.0. The van der Waals surface area contributed by atoms with Crippen LogP contribution in [0.4, 0.5) is 0 Å². The van der Waals surface area contributed by atoms with E-state index in [9.17, 15) is 9.59 Å². The lowest BCUT2D eigenvalue weighted by Gasteiger charge is -2.11. The monoisotopic (exact) mass is 492 g/mol. The van der Waals surface area contributed by atoms with Crippen LogP contribution in [-0.4, -0.2) is 39.3 Å². The van der Waals surface area contributed by atoms with Gasteiger partial charge in [0.15, 0.2) is 16.8 Å². The fourth-order valence-electron chi connectivity index (χ4n) is 3.20. The minimum absolute atomic E-state index is 0.0344. The summed E-state index contributed by atoms with van der Waals surface area (Å²) in [5.74, 6) is 1.15. The van der Waals surface area contributed by atoms with E-state index in [-0.39, 0.29) is 24.0 Å². The van der Waals surface area contributed by atoms with E-state index in [1.807, 2.05) is 34.9 Å². The van der Waals surface area contributed by atoms with Crippen LogP contribution in [0.5, 0.6) is 5.75 Å². The van der Waals surface area contributed by atoms with E-state index in [2.05, 4.69) is 15.5 Å². The number of ketones is 1. The highest BCUT2D eigenvalue weighted by Crippen LogP contribution is 2.23. The SMILES string of the molecule is COc1ccc(C(=O)CSc2nnc(CNC(=O)c3ccc(Cl)cc3)n2-c2ccccc2)cc1. The third-order valence-electron chi connectivity index (χ3n) is 4.97. The smallest absolute Gasteiger partial charge is 0.251 e. The van der Waals surface area contributed by atoms with Crippen molar-refractivity contribution >= 4 is 35.1 Å². The Morgan fingerprint density at radius 2 is 1.62 bits per heavy atom. The van der Waals surface area contributed by atoms with Crippen molar-refractivity contribution in [2.24, 2.45) is 0 Å². The number of amides is 1. The van der Waals surface area contributed by atoms with Gasteiger partial charge in [-0.05, 0) is 60.7 Å². The van der Waals surface area contributed by atoms with Gasteiger partial charge in [-0.15, -0.1) is 10.2 Å². The number of rotatable bonds is 9. The number of nitrogens with one attached hydrogen (secondary N) is 1. The molecule has 0 saturated carbocycles. The van der Waals surface area contributed by atoms with Crippen LogP contribution >= 0.6 is 23.4 Å². The normalized spacial score (nSPS) is 10.6. The fourth-order valence-corrected chi connectivity index (χ4v) is 4.19. The molecule has 0 aliphatic heterocycles. The zero-order valence-corrected chi connectivity index (χ0v) is 19.8. The number of hydrogen-bond acceptors (Lipinski definition) is 6. The average molecular weight is 493 g/mol. The van der Waals surface area contributed by atoms with Crippen LogP contribution in [0.25, 0.3) is 5.69 Å². The summed E-state index contributed by atoms with van der Waals surface area (Å²) < 4.78 is 6.99. The first-order chi connectivity index (χ1) is 16.5. The number of Topliss-reactive ketones (excluding diaryl/α,β-unsaturated/α-hetero) is 1. The lowest BCUT2D eigenvalue weighted by Crippen LogP contribution is -2.24. The fraction of sp³-hybridized carbons (Fsp3) is 0.120. The molecule has 0 bridgehead atoms. The lowest BCUT2D eigenvalue weighted by atomic mass is 10.1. The molecule has 0 aliphatic carbocycles. The number of aromatic nitrogens is 3. The van der Waals surface area contributed by atoms with Gasteiger partial charge in [0.25, 0.3) is 5.91 Å². The molecule has 0 fully saturated rings. The van der Waals surface area contributed by atoms with Crippen LogP contribution < -0.4 is 10.1 Å². The van der Waals surface area contributed by atoms with Gasteiger partial charge in [-0.2, -0.15) is 0 Å². The highest BCUT2D eigenvalue weighted by molar-refractivity contribution is 7.99. The Morgan fingerprint density at radius 3 is 2.29 bits per heavy atom. The van der Waals surface area contributed by atoms with Gasteiger partial charge in [-0.25, -0.2) is 0 Å². The number of para-hydroxylation sites is 1. The van der Waals surface area contributed by atoms with E-state index >= 15 is 0 Å². The van der Waals surface area contributed by atoms with E-state index in [1.54, 1.807) is 55.6 Å². The Bertz CT molecular complexity index is 1280. The minimum Gasteiger partial charge on any atom is -0.497 e. The summed E-state index contributed by atoms with van der Waals surface area (Å²) in [5, 5.41) is 12.5. The topological polar surface area (TPSA) is 86.1 Å². The molecule has 0 spiro atoms. The van der Waals surface area contributed by atoms with Gasteiger partial charge in [0.1, 0.15) is 5.75 Å². The molecule has 0 aliphatic rings. The molecule has 1 N–H and O–H groups in total. The molecule has 0 saturated heterocycles. The molecule has 1 aromatic heterocycles. The third-order valence-corrected chi connectivity index (χ3v) is 6.15. The molecule has 0 atom stereocenters. The first-order valence-corrected chi connectivity index (χ1v) is 11.7. The summed E-state index contributed by atoms with van der Waals surface area (Å²) in [6.07, 6.45) is 0. The van der Waals surface area contributed by atoms with Gasteiger partial charge in [-0.1, -0.05) is 41.6 Å². The summed E-state index contributed by atoms with van der Waals surface area (Å²) in [5.41, 5.74) is 1.92. The predicted molar refractivity (Wildman–Crippen MR) is 132 cm³/mol. The van der Waals surface area contributed by atoms with Crippen molar-refractivity contribution in [1.82, 2.24) is 20.1 Å². The molecule has 34 heavy (non-hydrogen) atoms. The number of carbonyl (C=O) groups excluding carboxylic acids is 2. The molecular weight excluding hydrogens is 472 g/mol. The molecule has 3 aromatic carbocycles. The number of halogens is 1. The Labute approximate surface area is 206 Å². The second-order valence-corrected chi connectivity index (χ2v) is 8.58. The second-order valence-electron chi connectivity index (χ2n) is 7.20. The Morgan fingerprint density at radius 1 is 0.941 bits per heavy atom. The quantitative estimate of drug-likeness (QED) is 0.266. The molecule has 1 heterocycles. The Hall–Kier alpha value is -3.62. The molecule has 0 radical (unpaired) electrons. The van der Waals surface area contributed by atoms with Crippen LogP contribution in [-0.2, 0) is 6.54 Å². The molecule has 9 heteroatoms. The molecule has 0 unspecified atom stereocenters. The maximum Gasteiger partial charge on any atom is 0.251 e. The van der Waals surface area contributed by atoms with Gasteiger partial charge in [-0.3, -0.25) is 14.2 Å². The third kappa shape index (κ3) is 5.65. The molecular formula is C25H21ClN4O3S. The number of ether oxygens (including phenoxy) is 1. The minimum atomic E-state index is -0.247. The largest absolute Gasteiger partial charge is 0.497 e. The van der Waals surface area contributed by atoms with Crippen LogP contribution in [0, 0.1) is 0 Å². The van der Waals surface area contributed by atoms with Crippen molar-refractivity contribution in [1.29, 1.82) is 0 Å². The van der Waals surface area contributed by atoms with Crippen molar-refractivity contribution < 1.29 is 14.3 Å². The lowest BCUT2D eigenvalue weighted by molar-refractivity contribution is 0.0948. The van der Waals surface area contributed by atoms with Gasteiger partial charge >= 0.3 is 0 Å². The van der Waals surface area contributed by atoms with Gasteiger partial charge < -0.3 is 10.1 Å². The number of thioether (sulfide) groups is 1. The zero-order valence-electron chi connectivity index (χ0n) is 18.3. The van der Waals surface area contributed by atoms with Crippen molar-refractivity contribution in [3.63, 3.8) is 0 Å². The van der Waals surface area contributed by atoms with Crippen molar-refractivity contribution in [2.45, 2.75) is 11.7 Å².